The fourth-order valence-electron chi connectivity index (χ4n) is 5.09. The molecular weight excluding hydrogens is 717 g/mol. The van der Waals surface area contributed by atoms with Crippen LogP contribution in [0.4, 0.5) is 45.5 Å². The number of amidine groups is 1. The zero-order valence-corrected chi connectivity index (χ0v) is 27.9. The summed E-state index contributed by atoms with van der Waals surface area (Å²) in [7, 11) is -9.67. The van der Waals surface area contributed by atoms with Gasteiger partial charge in [-0.15, -0.1) is 10.2 Å². The van der Waals surface area contributed by atoms with Crippen LogP contribution in [0.25, 0.3) is 21.5 Å². The lowest BCUT2D eigenvalue weighted by atomic mass is 10.1. The number of phenolic OH excluding ortho intramolecular Hbond substituents is 2. The van der Waals surface area contributed by atoms with Gasteiger partial charge in [0.05, 0.1) is 17.1 Å². The van der Waals surface area contributed by atoms with Crippen LogP contribution in [0.3, 0.4) is 0 Å². The second-order valence-electron chi connectivity index (χ2n) is 11.1. The van der Waals surface area contributed by atoms with Crippen molar-refractivity contribution in [1.82, 2.24) is 0 Å². The Kier molecular flexibility index (Phi) is 9.17. The quantitative estimate of drug-likeness (QED) is 0.0246. The molecule has 6 rings (SSSR count). The van der Waals surface area contributed by atoms with Crippen molar-refractivity contribution in [3.8, 4) is 11.5 Å². The Balaban J connectivity index is 1.24. The molecule has 0 saturated carbocycles. The van der Waals surface area contributed by atoms with E-state index in [4.69, 9.17) is 11.5 Å². The number of azo groups is 2. The highest BCUT2D eigenvalue weighted by Crippen LogP contribution is 2.43. The van der Waals surface area contributed by atoms with E-state index >= 15 is 0 Å². The normalized spacial score (nSPS) is 12.7. The first-order valence-electron chi connectivity index (χ1n) is 14.7. The number of aromatic hydroxyl groups is 2. The molecule has 0 radical (unpaired) electrons. The minimum atomic E-state index is -4.84. The Bertz CT molecular complexity index is 2740. The third-order valence-electron chi connectivity index (χ3n) is 7.40. The average Bonchev–Trinajstić information content (AvgIpc) is 3.06. The number of nitrogen functional groups attached to an aromatic ring is 2. The summed E-state index contributed by atoms with van der Waals surface area (Å²) in [4.78, 5) is 2.69. The first-order chi connectivity index (χ1) is 24.6. The maximum Gasteiger partial charge on any atom is 0.296 e. The molecule has 0 aliphatic rings. The number of aliphatic hydroxyl groups excluding tert-OH is 1. The maximum atomic E-state index is 12.1. The minimum Gasteiger partial charge on any atom is -0.505 e. The zero-order chi connectivity index (χ0) is 37.4. The molecule has 0 unspecified atom stereocenters. The summed E-state index contributed by atoms with van der Waals surface area (Å²) in [5.41, 5.74) is 11.9. The molecule has 6 aromatic carbocycles. The van der Waals surface area contributed by atoms with Crippen molar-refractivity contribution in [1.29, 1.82) is 0 Å². The van der Waals surface area contributed by atoms with Crippen LogP contribution in [-0.2, 0) is 20.2 Å². The molecule has 0 saturated heterocycles. The Morgan fingerprint density at radius 3 is 1.54 bits per heavy atom. The van der Waals surface area contributed by atoms with Gasteiger partial charge in [0.15, 0.2) is 11.5 Å². The summed E-state index contributed by atoms with van der Waals surface area (Å²) in [5.74, 6) is -1.10. The van der Waals surface area contributed by atoms with Gasteiger partial charge in [0.25, 0.3) is 26.3 Å². The third-order valence-corrected chi connectivity index (χ3v) is 9.14. The molecule has 0 bridgehead atoms. The zero-order valence-electron chi connectivity index (χ0n) is 26.3. The number of phenols is 2. The molecule has 0 aliphatic carbocycles. The van der Waals surface area contributed by atoms with Crippen LogP contribution in [0.5, 0.6) is 11.5 Å². The van der Waals surface area contributed by atoms with Crippen molar-refractivity contribution >= 4 is 93.3 Å². The lowest BCUT2D eigenvalue weighted by molar-refractivity contribution is 0.471. The first kappa shape index (κ1) is 35.2. The van der Waals surface area contributed by atoms with Crippen LogP contribution in [0.1, 0.15) is 0 Å². The Labute approximate surface area is 294 Å². The van der Waals surface area contributed by atoms with E-state index in [-0.39, 0.29) is 44.3 Å². The van der Waals surface area contributed by atoms with Crippen molar-refractivity contribution in [2.75, 3.05) is 16.8 Å². The number of aliphatic imine (C=N–C) groups is 1. The van der Waals surface area contributed by atoms with E-state index in [0.717, 1.165) is 12.1 Å². The summed E-state index contributed by atoms with van der Waals surface area (Å²) in [5, 5.41) is 51.5. The summed E-state index contributed by atoms with van der Waals surface area (Å²) in [6, 6.07) is 22.3. The van der Waals surface area contributed by atoms with Crippen LogP contribution in [-0.4, -0.2) is 47.3 Å². The van der Waals surface area contributed by atoms with E-state index in [1.807, 2.05) is 0 Å². The fourth-order valence-corrected chi connectivity index (χ4v) is 6.41. The molecule has 0 aliphatic heterocycles. The van der Waals surface area contributed by atoms with Gasteiger partial charge in [-0.05, 0) is 95.7 Å². The van der Waals surface area contributed by atoms with E-state index in [9.17, 15) is 41.3 Å². The van der Waals surface area contributed by atoms with Gasteiger partial charge in [0, 0.05) is 27.8 Å². The van der Waals surface area contributed by atoms with Gasteiger partial charge in [-0.3, -0.25) is 9.11 Å². The molecule has 0 heterocycles. The van der Waals surface area contributed by atoms with E-state index in [1.54, 1.807) is 6.07 Å². The number of hydrogen-bond donors (Lipinski definition) is 8. The Hall–Kier alpha value is -6.67. The molecule has 0 amide bonds. The van der Waals surface area contributed by atoms with Crippen molar-refractivity contribution in [3.05, 3.63) is 97.1 Å². The van der Waals surface area contributed by atoms with Crippen LogP contribution in [0, 0.1) is 0 Å². The summed E-state index contributed by atoms with van der Waals surface area (Å²) >= 11 is 0. The van der Waals surface area contributed by atoms with Crippen LogP contribution in [0.2, 0.25) is 0 Å². The first-order valence-corrected chi connectivity index (χ1v) is 17.6. The van der Waals surface area contributed by atoms with Gasteiger partial charge >= 0.3 is 0 Å². The summed E-state index contributed by atoms with van der Waals surface area (Å²) < 4.78 is 68.0. The lowest BCUT2D eigenvalue weighted by Gasteiger charge is -2.09. The molecule has 17 nitrogen and oxygen atoms in total. The van der Waals surface area contributed by atoms with Gasteiger partial charge in [0.2, 0.25) is 0 Å². The monoisotopic (exact) mass is 742 g/mol. The highest BCUT2D eigenvalue weighted by Gasteiger charge is 2.23. The van der Waals surface area contributed by atoms with Gasteiger partial charge in [-0.25, -0.2) is 0 Å². The average molecular weight is 743 g/mol. The Morgan fingerprint density at radius 2 is 1.04 bits per heavy atom. The number of nitrogens with one attached hydrogen (secondary N) is 1. The van der Waals surface area contributed by atoms with Gasteiger partial charge in [-0.1, -0.05) is 12.1 Å². The van der Waals surface area contributed by atoms with E-state index < -0.39 is 58.9 Å². The molecular formula is C33H26N8O9S2. The van der Waals surface area contributed by atoms with Crippen LogP contribution >= 0.6 is 0 Å². The second-order valence-corrected chi connectivity index (χ2v) is 13.9. The fraction of sp³-hybridized carbons (Fsp3) is 0. The second kappa shape index (κ2) is 13.6. The molecule has 0 aromatic heterocycles. The number of aliphatic hydroxyl groups is 1. The highest BCUT2D eigenvalue weighted by molar-refractivity contribution is 7.86. The topological polar surface area (TPSA) is 295 Å². The van der Waals surface area contributed by atoms with E-state index in [1.165, 1.54) is 78.9 Å². The van der Waals surface area contributed by atoms with Gasteiger partial charge < -0.3 is 32.1 Å². The number of anilines is 3. The number of benzene rings is 6. The van der Waals surface area contributed by atoms with Gasteiger partial charge in [0.1, 0.15) is 21.2 Å². The van der Waals surface area contributed by atoms with E-state index in [0.29, 0.717) is 11.4 Å². The van der Waals surface area contributed by atoms with Crippen LogP contribution in [0.15, 0.2) is 132 Å². The third kappa shape index (κ3) is 7.56. The summed E-state index contributed by atoms with van der Waals surface area (Å²) in [6.45, 7) is 0. The number of nitrogens with two attached hydrogens (primary N) is 2. The number of fused-ring (bicyclic) bond motifs is 2. The van der Waals surface area contributed by atoms with Crippen molar-refractivity contribution < 1.29 is 41.3 Å². The SMILES string of the molecule is Nc1ccc2c(O)c(N=Nc3cccc(N=C(O)Nc4cccc(N=Nc5c(S(=O)(=O)O)cc6cc(N)ccc6c5O)c4)c3)c(S(=O)(=O)O)cc2c1. The number of nitrogens with zero attached hydrogens (tertiary/aromatic N) is 5. The van der Waals surface area contributed by atoms with Crippen molar-refractivity contribution in [2.45, 2.75) is 9.79 Å². The molecule has 10 N–H and O–H groups in total. The summed E-state index contributed by atoms with van der Waals surface area (Å²) in [6.07, 6.45) is 0. The number of hydrogen-bond acceptors (Lipinski definition) is 13. The van der Waals surface area contributed by atoms with Crippen molar-refractivity contribution in [3.63, 3.8) is 0 Å². The predicted molar refractivity (Wildman–Crippen MR) is 194 cm³/mol. The standard InChI is InChI=1S/C33H26N8O9S2/c34-19-7-9-25-17(11-19)13-27(51(45,46)47)29(31(25)42)40-38-23-5-1-3-21(15-23)36-33(44)37-22-4-2-6-24(16-22)39-41-30-28(52(48,49)50)14-18-12-20(35)8-10-26(18)32(30)43/h1-16,42-43H,34-35H2,(H2,36,37,44)(H,45,46,47)(H,48,49,50). The molecule has 264 valence electrons. The van der Waals surface area contributed by atoms with E-state index in [2.05, 4.69) is 30.8 Å². The number of rotatable bonds is 8. The molecule has 0 atom stereocenters. The molecule has 6 aromatic rings. The Morgan fingerprint density at radius 1 is 0.577 bits per heavy atom. The molecule has 19 heteroatoms. The molecule has 0 fully saturated rings. The highest BCUT2D eigenvalue weighted by atomic mass is 32.2. The van der Waals surface area contributed by atoms with Crippen molar-refractivity contribution in [2.24, 2.45) is 25.4 Å². The maximum absolute atomic E-state index is 12.1. The largest absolute Gasteiger partial charge is 0.505 e. The van der Waals surface area contributed by atoms with Crippen LogP contribution < -0.4 is 16.8 Å². The lowest BCUT2D eigenvalue weighted by Crippen LogP contribution is -2.09. The van der Waals surface area contributed by atoms with Gasteiger partial charge in [-0.2, -0.15) is 32.1 Å². The molecule has 0 spiro atoms. The minimum absolute atomic E-state index is 0.138. The smallest absolute Gasteiger partial charge is 0.296 e. The predicted octanol–water partition coefficient (Wildman–Crippen LogP) is 7.55. The molecule has 52 heavy (non-hydrogen) atoms.